The molecule has 0 aliphatic heterocycles. The van der Waals surface area contributed by atoms with E-state index in [1.54, 1.807) is 0 Å². The Labute approximate surface area is 95.6 Å². The van der Waals surface area contributed by atoms with Gasteiger partial charge in [-0.15, -0.1) is 0 Å². The molecule has 0 bridgehead atoms. The molecule has 0 fully saturated rings. The second-order valence-electron chi connectivity index (χ2n) is 4.08. The molecule has 0 saturated carbocycles. The molecule has 0 heterocycles. The van der Waals surface area contributed by atoms with E-state index in [1.165, 1.54) is 0 Å². The molecule has 6 nitrogen and oxygen atoms in total. The van der Waals surface area contributed by atoms with Crippen LogP contribution in [-0.4, -0.2) is 42.7 Å². The first-order chi connectivity index (χ1) is 7.43. The molecule has 0 aliphatic rings. The van der Waals surface area contributed by atoms with Gasteiger partial charge < -0.3 is 21.5 Å². The highest BCUT2D eigenvalue weighted by molar-refractivity contribution is 5.79. The topological polar surface area (TPSA) is 104 Å². The minimum absolute atomic E-state index is 0.00701. The average molecular weight is 231 g/mol. The van der Waals surface area contributed by atoms with Crippen molar-refractivity contribution in [1.29, 1.82) is 0 Å². The Morgan fingerprint density at radius 1 is 1.38 bits per heavy atom. The lowest BCUT2D eigenvalue weighted by Crippen LogP contribution is -2.42. The second-order valence-corrected chi connectivity index (χ2v) is 4.08. The van der Waals surface area contributed by atoms with Gasteiger partial charge in [0.25, 0.3) is 0 Å². The maximum absolute atomic E-state index is 11.2. The third kappa shape index (κ3) is 8.19. The van der Waals surface area contributed by atoms with E-state index >= 15 is 0 Å². The lowest BCUT2D eigenvalue weighted by molar-refractivity contribution is -0.126. The van der Waals surface area contributed by atoms with Gasteiger partial charge in [0.1, 0.15) is 6.10 Å². The summed E-state index contributed by atoms with van der Waals surface area (Å²) in [5.41, 5.74) is 4.84. The molecule has 0 rings (SSSR count). The van der Waals surface area contributed by atoms with E-state index in [0.717, 1.165) is 6.42 Å². The van der Waals surface area contributed by atoms with E-state index < -0.39 is 12.0 Å². The summed E-state index contributed by atoms with van der Waals surface area (Å²) < 4.78 is 0. The third-order valence-electron chi connectivity index (χ3n) is 2.00. The van der Waals surface area contributed by atoms with Gasteiger partial charge in [-0.05, 0) is 12.3 Å². The molecular formula is C10H21N3O3. The van der Waals surface area contributed by atoms with Crippen LogP contribution in [0.2, 0.25) is 0 Å². The normalized spacial score (nSPS) is 12.5. The number of primary amides is 1. The van der Waals surface area contributed by atoms with Crippen LogP contribution in [0, 0.1) is 5.92 Å². The molecule has 0 aliphatic carbocycles. The molecule has 94 valence electrons. The zero-order valence-corrected chi connectivity index (χ0v) is 9.82. The van der Waals surface area contributed by atoms with Crippen molar-refractivity contribution < 1.29 is 14.7 Å². The summed E-state index contributed by atoms with van der Waals surface area (Å²) >= 11 is 0. The zero-order valence-electron chi connectivity index (χ0n) is 9.82. The molecule has 6 heteroatoms. The number of hydrogen-bond acceptors (Lipinski definition) is 4. The zero-order chi connectivity index (χ0) is 12.6. The van der Waals surface area contributed by atoms with Crippen molar-refractivity contribution in [3.05, 3.63) is 0 Å². The Morgan fingerprint density at radius 2 is 2.00 bits per heavy atom. The highest BCUT2D eigenvalue weighted by atomic mass is 16.3. The van der Waals surface area contributed by atoms with Crippen LogP contribution in [0.25, 0.3) is 0 Å². The fourth-order valence-corrected chi connectivity index (χ4v) is 0.986. The Bertz CT molecular complexity index is 231. The van der Waals surface area contributed by atoms with Crippen LogP contribution in [0.4, 0.5) is 0 Å². The van der Waals surface area contributed by atoms with Gasteiger partial charge in [0.2, 0.25) is 11.8 Å². The molecule has 0 aromatic heterocycles. The largest absolute Gasteiger partial charge is 0.382 e. The number of nitrogens with two attached hydrogens (primary N) is 1. The number of hydrogen-bond donors (Lipinski definition) is 4. The van der Waals surface area contributed by atoms with E-state index in [4.69, 9.17) is 10.8 Å². The molecule has 0 aromatic carbocycles. The summed E-state index contributed by atoms with van der Waals surface area (Å²) in [5.74, 6) is -0.407. The van der Waals surface area contributed by atoms with Crippen LogP contribution in [0.3, 0.4) is 0 Å². The van der Waals surface area contributed by atoms with Crippen molar-refractivity contribution in [2.45, 2.75) is 26.4 Å². The number of rotatable bonds is 8. The fourth-order valence-electron chi connectivity index (χ4n) is 0.986. The van der Waals surface area contributed by atoms with E-state index in [-0.39, 0.29) is 19.0 Å². The monoisotopic (exact) mass is 231 g/mol. The Hall–Kier alpha value is -1.14. The summed E-state index contributed by atoms with van der Waals surface area (Å²) in [6, 6.07) is 0. The van der Waals surface area contributed by atoms with Gasteiger partial charge in [0, 0.05) is 13.1 Å². The summed E-state index contributed by atoms with van der Waals surface area (Å²) in [7, 11) is 0. The molecule has 0 radical (unpaired) electrons. The minimum atomic E-state index is -1.25. The Balaban J connectivity index is 3.47. The summed E-state index contributed by atoms with van der Waals surface area (Å²) in [6.45, 7) is 4.85. The molecular weight excluding hydrogens is 210 g/mol. The number of aliphatic hydroxyl groups excluding tert-OH is 1. The number of aliphatic hydroxyl groups is 1. The fraction of sp³-hybridized carbons (Fsp3) is 0.800. The van der Waals surface area contributed by atoms with Crippen LogP contribution in [0.15, 0.2) is 0 Å². The third-order valence-corrected chi connectivity index (χ3v) is 2.00. The number of nitrogens with one attached hydrogen (secondary N) is 2. The number of amides is 2. The number of carbonyl (C=O) groups excluding carboxylic acids is 2. The van der Waals surface area contributed by atoms with Crippen molar-refractivity contribution in [2.75, 3.05) is 19.6 Å². The van der Waals surface area contributed by atoms with Gasteiger partial charge in [-0.3, -0.25) is 9.59 Å². The van der Waals surface area contributed by atoms with E-state index in [1.807, 2.05) is 0 Å². The highest BCUT2D eigenvalue weighted by Crippen LogP contribution is 1.95. The molecule has 5 N–H and O–H groups in total. The predicted molar refractivity (Wildman–Crippen MR) is 60.5 cm³/mol. The summed E-state index contributed by atoms with van der Waals surface area (Å²) in [4.78, 5) is 21.7. The maximum atomic E-state index is 11.2. The lowest BCUT2D eigenvalue weighted by Gasteiger charge is -2.09. The number of carbonyl (C=O) groups is 2. The standard InChI is InChI=1S/C10H21N3O3/c1-7(2)3-4-13-9(15)6-12-5-8(14)10(11)16/h7-8,12,14H,3-6H2,1-2H3,(H2,11,16)(H,13,15). The summed E-state index contributed by atoms with van der Waals surface area (Å²) in [5, 5.41) is 14.4. The van der Waals surface area contributed by atoms with Gasteiger partial charge in [0.15, 0.2) is 0 Å². The molecule has 0 saturated heterocycles. The van der Waals surface area contributed by atoms with E-state index in [2.05, 4.69) is 24.5 Å². The molecule has 2 amide bonds. The predicted octanol–water partition coefficient (Wildman–Crippen LogP) is -1.42. The Kier molecular flexibility index (Phi) is 7.49. The van der Waals surface area contributed by atoms with Gasteiger partial charge >= 0.3 is 0 Å². The second kappa shape index (κ2) is 8.06. The minimum Gasteiger partial charge on any atom is -0.382 e. The van der Waals surface area contributed by atoms with Crippen molar-refractivity contribution in [1.82, 2.24) is 10.6 Å². The summed E-state index contributed by atoms with van der Waals surface area (Å²) in [6.07, 6.45) is -0.321. The van der Waals surface area contributed by atoms with E-state index in [9.17, 15) is 9.59 Å². The van der Waals surface area contributed by atoms with Crippen molar-refractivity contribution in [3.8, 4) is 0 Å². The van der Waals surface area contributed by atoms with Crippen molar-refractivity contribution in [2.24, 2.45) is 11.7 Å². The Morgan fingerprint density at radius 3 is 2.50 bits per heavy atom. The van der Waals surface area contributed by atoms with Gasteiger partial charge in [-0.25, -0.2) is 0 Å². The van der Waals surface area contributed by atoms with Crippen molar-refractivity contribution >= 4 is 11.8 Å². The van der Waals surface area contributed by atoms with Crippen LogP contribution in [0.5, 0.6) is 0 Å². The highest BCUT2D eigenvalue weighted by Gasteiger charge is 2.10. The lowest BCUT2D eigenvalue weighted by atomic mass is 10.1. The smallest absolute Gasteiger partial charge is 0.247 e. The first-order valence-corrected chi connectivity index (χ1v) is 5.38. The molecule has 1 unspecified atom stereocenters. The first-order valence-electron chi connectivity index (χ1n) is 5.38. The quantitative estimate of drug-likeness (QED) is 0.411. The van der Waals surface area contributed by atoms with E-state index in [0.29, 0.717) is 12.5 Å². The maximum Gasteiger partial charge on any atom is 0.247 e. The van der Waals surface area contributed by atoms with Crippen LogP contribution < -0.4 is 16.4 Å². The molecule has 0 spiro atoms. The average Bonchev–Trinajstić information content (AvgIpc) is 2.16. The molecule has 16 heavy (non-hydrogen) atoms. The van der Waals surface area contributed by atoms with Crippen LogP contribution >= 0.6 is 0 Å². The van der Waals surface area contributed by atoms with Crippen LogP contribution in [0.1, 0.15) is 20.3 Å². The van der Waals surface area contributed by atoms with Gasteiger partial charge in [0.05, 0.1) is 6.54 Å². The van der Waals surface area contributed by atoms with Crippen LogP contribution in [-0.2, 0) is 9.59 Å². The molecule has 1 atom stereocenters. The molecule has 0 aromatic rings. The van der Waals surface area contributed by atoms with Gasteiger partial charge in [-0.2, -0.15) is 0 Å². The van der Waals surface area contributed by atoms with Gasteiger partial charge in [-0.1, -0.05) is 13.8 Å². The first kappa shape index (κ1) is 14.9. The van der Waals surface area contributed by atoms with Crippen molar-refractivity contribution in [3.63, 3.8) is 0 Å². The SMILES string of the molecule is CC(C)CCNC(=O)CNCC(O)C(N)=O.